The molecule has 0 aliphatic carbocycles. The minimum absolute atomic E-state index is 0.560. The summed E-state index contributed by atoms with van der Waals surface area (Å²) in [6, 6.07) is 16.4. The van der Waals surface area contributed by atoms with E-state index in [1.165, 1.54) is 5.56 Å². The molecule has 0 spiro atoms. The number of fused-ring (bicyclic) bond motifs is 1. The number of rotatable bonds is 6. The minimum Gasteiger partial charge on any atom is -0.494 e. The Bertz CT molecular complexity index is 688. The molecular weight excluding hydrogens is 264 g/mol. The van der Waals surface area contributed by atoms with Crippen molar-refractivity contribution in [2.45, 2.75) is 13.3 Å². The molecule has 4 heteroatoms. The molecule has 0 bridgehead atoms. The first-order valence-corrected chi connectivity index (χ1v) is 7.17. The second kappa shape index (κ2) is 6.31. The normalized spacial score (nSPS) is 10.7. The molecular formula is C17H18N2O2. The van der Waals surface area contributed by atoms with Crippen LogP contribution in [0.3, 0.4) is 0 Å². The summed E-state index contributed by atoms with van der Waals surface area (Å²) < 4.78 is 11.3. The summed E-state index contributed by atoms with van der Waals surface area (Å²) in [7, 11) is 0. The summed E-state index contributed by atoms with van der Waals surface area (Å²) in [6.07, 6.45) is 0.856. The van der Waals surface area contributed by atoms with Gasteiger partial charge < -0.3 is 14.5 Å². The molecule has 0 aliphatic heterocycles. The highest BCUT2D eigenvalue weighted by atomic mass is 16.5. The standard InChI is InChI=1S/C17H18N2O2/c1-2-20-15-9-5-3-7-13(15)11-12-18-17-19-14-8-4-6-10-16(14)21-17/h3-10H,2,11-12H2,1H3,(H,18,19). The van der Waals surface area contributed by atoms with Gasteiger partial charge in [0.25, 0.3) is 6.01 Å². The molecule has 3 aromatic rings. The minimum atomic E-state index is 0.560. The van der Waals surface area contributed by atoms with Crippen molar-refractivity contribution in [3.63, 3.8) is 0 Å². The molecule has 0 unspecified atom stereocenters. The Balaban J connectivity index is 1.63. The van der Waals surface area contributed by atoms with Gasteiger partial charge in [-0.05, 0) is 37.1 Å². The molecule has 3 rings (SSSR count). The van der Waals surface area contributed by atoms with E-state index in [2.05, 4.69) is 16.4 Å². The first-order chi connectivity index (χ1) is 10.4. The fourth-order valence-corrected chi connectivity index (χ4v) is 2.26. The van der Waals surface area contributed by atoms with E-state index in [4.69, 9.17) is 9.15 Å². The molecule has 4 nitrogen and oxygen atoms in total. The fourth-order valence-electron chi connectivity index (χ4n) is 2.26. The highest BCUT2D eigenvalue weighted by Gasteiger charge is 2.05. The highest BCUT2D eigenvalue weighted by molar-refractivity contribution is 5.74. The lowest BCUT2D eigenvalue weighted by atomic mass is 10.1. The average molecular weight is 282 g/mol. The summed E-state index contributed by atoms with van der Waals surface area (Å²) in [4.78, 5) is 4.39. The predicted octanol–water partition coefficient (Wildman–Crippen LogP) is 3.88. The van der Waals surface area contributed by atoms with Gasteiger partial charge in [0.15, 0.2) is 5.58 Å². The highest BCUT2D eigenvalue weighted by Crippen LogP contribution is 2.20. The van der Waals surface area contributed by atoms with Crippen LogP contribution in [0.15, 0.2) is 52.9 Å². The van der Waals surface area contributed by atoms with E-state index in [1.807, 2.05) is 49.4 Å². The van der Waals surface area contributed by atoms with E-state index < -0.39 is 0 Å². The van der Waals surface area contributed by atoms with Crippen LogP contribution in [0.5, 0.6) is 5.75 Å². The maximum absolute atomic E-state index is 5.63. The molecule has 0 aliphatic rings. The zero-order chi connectivity index (χ0) is 14.5. The van der Waals surface area contributed by atoms with Crippen LogP contribution in [0.2, 0.25) is 0 Å². The van der Waals surface area contributed by atoms with Crippen LogP contribution in [0.25, 0.3) is 11.1 Å². The van der Waals surface area contributed by atoms with Gasteiger partial charge in [0.05, 0.1) is 6.61 Å². The van der Waals surface area contributed by atoms with Crippen molar-refractivity contribution in [2.75, 3.05) is 18.5 Å². The summed E-state index contributed by atoms with van der Waals surface area (Å²) in [5.74, 6) is 0.944. The van der Waals surface area contributed by atoms with Crippen molar-refractivity contribution in [3.8, 4) is 5.75 Å². The van der Waals surface area contributed by atoms with Gasteiger partial charge in [0.1, 0.15) is 11.3 Å². The van der Waals surface area contributed by atoms with E-state index in [-0.39, 0.29) is 0 Å². The van der Waals surface area contributed by atoms with Gasteiger partial charge >= 0.3 is 0 Å². The Morgan fingerprint density at radius 1 is 1.10 bits per heavy atom. The Morgan fingerprint density at radius 3 is 2.76 bits per heavy atom. The monoisotopic (exact) mass is 282 g/mol. The largest absolute Gasteiger partial charge is 0.494 e. The zero-order valence-corrected chi connectivity index (χ0v) is 12.0. The number of aromatic nitrogens is 1. The second-order valence-electron chi connectivity index (χ2n) is 4.70. The quantitative estimate of drug-likeness (QED) is 0.745. The summed E-state index contributed by atoms with van der Waals surface area (Å²) in [5.41, 5.74) is 2.85. The smallest absolute Gasteiger partial charge is 0.295 e. The third kappa shape index (κ3) is 3.16. The van der Waals surface area contributed by atoms with Crippen LogP contribution in [0.4, 0.5) is 6.01 Å². The SMILES string of the molecule is CCOc1ccccc1CCNc1nc2ccccc2o1. The van der Waals surface area contributed by atoms with Crippen LogP contribution in [0.1, 0.15) is 12.5 Å². The maximum atomic E-state index is 5.63. The maximum Gasteiger partial charge on any atom is 0.295 e. The molecule has 21 heavy (non-hydrogen) atoms. The summed E-state index contributed by atoms with van der Waals surface area (Å²) >= 11 is 0. The van der Waals surface area contributed by atoms with Gasteiger partial charge in [-0.25, -0.2) is 0 Å². The van der Waals surface area contributed by atoms with Crippen LogP contribution in [-0.2, 0) is 6.42 Å². The van der Waals surface area contributed by atoms with Crippen LogP contribution >= 0.6 is 0 Å². The number of nitrogens with zero attached hydrogens (tertiary/aromatic N) is 1. The molecule has 108 valence electrons. The Hall–Kier alpha value is -2.49. The number of anilines is 1. The van der Waals surface area contributed by atoms with Gasteiger partial charge in [-0.3, -0.25) is 0 Å². The van der Waals surface area contributed by atoms with E-state index in [0.717, 1.165) is 29.8 Å². The van der Waals surface area contributed by atoms with Crippen LogP contribution in [-0.4, -0.2) is 18.1 Å². The molecule has 0 atom stereocenters. The van der Waals surface area contributed by atoms with Crippen molar-refractivity contribution in [2.24, 2.45) is 0 Å². The molecule has 0 fully saturated rings. The molecule has 0 radical (unpaired) electrons. The summed E-state index contributed by atoms with van der Waals surface area (Å²) in [5, 5.41) is 3.22. The van der Waals surface area contributed by atoms with Crippen LogP contribution < -0.4 is 10.1 Å². The van der Waals surface area contributed by atoms with E-state index >= 15 is 0 Å². The third-order valence-electron chi connectivity index (χ3n) is 3.24. The van der Waals surface area contributed by atoms with Gasteiger partial charge in [0, 0.05) is 6.54 Å². The molecule has 1 aromatic heterocycles. The number of hydrogen-bond acceptors (Lipinski definition) is 4. The zero-order valence-electron chi connectivity index (χ0n) is 12.0. The molecule has 0 amide bonds. The molecule has 0 saturated carbocycles. The number of nitrogens with one attached hydrogen (secondary N) is 1. The first kappa shape index (κ1) is 13.5. The first-order valence-electron chi connectivity index (χ1n) is 7.17. The molecule has 2 aromatic carbocycles. The van der Waals surface area contributed by atoms with E-state index in [1.54, 1.807) is 0 Å². The van der Waals surface area contributed by atoms with E-state index in [9.17, 15) is 0 Å². The number of hydrogen-bond donors (Lipinski definition) is 1. The van der Waals surface area contributed by atoms with Crippen LogP contribution in [0, 0.1) is 0 Å². The second-order valence-corrected chi connectivity index (χ2v) is 4.70. The molecule has 0 saturated heterocycles. The van der Waals surface area contributed by atoms with Gasteiger partial charge in [0.2, 0.25) is 0 Å². The van der Waals surface area contributed by atoms with Crippen molar-refractivity contribution >= 4 is 17.1 Å². The van der Waals surface area contributed by atoms with Gasteiger partial charge in [-0.15, -0.1) is 0 Å². The molecule has 1 heterocycles. The predicted molar refractivity (Wildman–Crippen MR) is 83.8 cm³/mol. The van der Waals surface area contributed by atoms with Gasteiger partial charge in [-0.2, -0.15) is 4.98 Å². The Kier molecular flexibility index (Phi) is 4.05. The van der Waals surface area contributed by atoms with Gasteiger partial charge in [-0.1, -0.05) is 30.3 Å². The van der Waals surface area contributed by atoms with Crippen molar-refractivity contribution < 1.29 is 9.15 Å². The lowest BCUT2D eigenvalue weighted by Gasteiger charge is -2.09. The average Bonchev–Trinajstić information content (AvgIpc) is 2.92. The van der Waals surface area contributed by atoms with Crippen molar-refractivity contribution in [3.05, 3.63) is 54.1 Å². The topological polar surface area (TPSA) is 47.3 Å². The number of oxazole rings is 1. The number of benzene rings is 2. The van der Waals surface area contributed by atoms with Crippen molar-refractivity contribution in [1.29, 1.82) is 0 Å². The lowest BCUT2D eigenvalue weighted by molar-refractivity contribution is 0.336. The molecule has 1 N–H and O–H groups in total. The lowest BCUT2D eigenvalue weighted by Crippen LogP contribution is -2.06. The number of ether oxygens (including phenoxy) is 1. The summed E-state index contributed by atoms with van der Waals surface area (Å²) in [6.45, 7) is 3.42. The fraction of sp³-hybridized carbons (Fsp3) is 0.235. The Morgan fingerprint density at radius 2 is 1.90 bits per heavy atom. The van der Waals surface area contributed by atoms with E-state index in [0.29, 0.717) is 12.6 Å². The third-order valence-corrected chi connectivity index (χ3v) is 3.24. The number of para-hydroxylation sites is 3. The Labute approximate surface area is 123 Å². The van der Waals surface area contributed by atoms with Crippen molar-refractivity contribution in [1.82, 2.24) is 4.98 Å².